The van der Waals surface area contributed by atoms with Gasteiger partial charge in [-0.3, -0.25) is 4.79 Å². The van der Waals surface area contributed by atoms with Gasteiger partial charge in [0.05, 0.1) is 12.7 Å². The number of aliphatic hydroxyl groups excluding tert-OH is 3. The summed E-state index contributed by atoms with van der Waals surface area (Å²) in [5.41, 5.74) is 5.20. The third kappa shape index (κ3) is 5.40. The van der Waals surface area contributed by atoms with Crippen LogP contribution in [0, 0.1) is 0 Å². The average molecular weight is 225 g/mol. The molecule has 0 spiro atoms. The molecule has 0 aromatic carbocycles. The first-order valence-corrected chi connectivity index (χ1v) is 5.17. The molecule has 0 aromatic heterocycles. The Labute approximate surface area is 85.7 Å². The highest BCUT2D eigenvalue weighted by atomic mass is 32.2. The van der Waals surface area contributed by atoms with Crippen LogP contribution in [0.2, 0.25) is 0 Å². The van der Waals surface area contributed by atoms with Gasteiger partial charge in [-0.15, -0.1) is 0 Å². The minimum absolute atomic E-state index is 0.142. The molecule has 0 radical (unpaired) electrons. The number of nitrogens with two attached hydrogens (primary N) is 1. The fourth-order valence-corrected chi connectivity index (χ4v) is 1.62. The van der Waals surface area contributed by atoms with Crippen molar-refractivity contribution in [1.82, 2.24) is 0 Å². The van der Waals surface area contributed by atoms with Crippen LogP contribution in [0.3, 0.4) is 0 Å². The quantitative estimate of drug-likeness (QED) is 0.334. The molecule has 0 aliphatic heterocycles. The minimum atomic E-state index is -1.19. The zero-order chi connectivity index (χ0) is 11.1. The Morgan fingerprint density at radius 1 is 1.29 bits per heavy atom. The maximum absolute atomic E-state index is 10.3. The third-order valence-corrected chi connectivity index (χ3v) is 2.71. The van der Waals surface area contributed by atoms with Crippen molar-refractivity contribution in [3.05, 3.63) is 0 Å². The lowest BCUT2D eigenvalue weighted by atomic mass is 10.2. The molecule has 0 aliphatic rings. The van der Waals surface area contributed by atoms with Crippen LogP contribution in [0.15, 0.2) is 0 Å². The summed E-state index contributed by atoms with van der Waals surface area (Å²) in [6.45, 7) is -0.521. The second-order valence-electron chi connectivity index (χ2n) is 2.80. The number of hydrogen-bond donors (Lipinski definition) is 5. The summed E-state index contributed by atoms with van der Waals surface area (Å²) in [5.74, 6) is -0.803. The predicted molar refractivity (Wildman–Crippen MR) is 52.0 cm³/mol. The second kappa shape index (κ2) is 7.02. The number of rotatable bonds is 7. The van der Waals surface area contributed by atoms with Crippen molar-refractivity contribution in [1.29, 1.82) is 0 Å². The first-order chi connectivity index (χ1) is 6.49. The van der Waals surface area contributed by atoms with E-state index in [1.54, 1.807) is 0 Å². The number of thioether (sulfide) groups is 1. The molecular weight excluding hydrogens is 210 g/mol. The molecular formula is C7H15NO5S. The van der Waals surface area contributed by atoms with Gasteiger partial charge in [-0.1, -0.05) is 0 Å². The molecule has 0 saturated heterocycles. The van der Waals surface area contributed by atoms with Crippen molar-refractivity contribution in [2.75, 3.05) is 18.1 Å². The molecule has 6 nitrogen and oxygen atoms in total. The number of carbonyl (C=O) groups is 1. The smallest absolute Gasteiger partial charge is 0.321 e. The van der Waals surface area contributed by atoms with Gasteiger partial charge in [0.25, 0.3) is 0 Å². The lowest BCUT2D eigenvalue weighted by Gasteiger charge is -2.15. The van der Waals surface area contributed by atoms with Gasteiger partial charge in [0.1, 0.15) is 12.1 Å². The van der Waals surface area contributed by atoms with E-state index in [2.05, 4.69) is 0 Å². The van der Waals surface area contributed by atoms with Gasteiger partial charge in [0.2, 0.25) is 0 Å². The van der Waals surface area contributed by atoms with E-state index in [-0.39, 0.29) is 11.5 Å². The zero-order valence-corrected chi connectivity index (χ0v) is 8.35. The number of carboxylic acid groups (broad SMARTS) is 1. The first-order valence-electron chi connectivity index (χ1n) is 4.02. The monoisotopic (exact) mass is 225 g/mol. The maximum atomic E-state index is 10.3. The molecule has 0 fully saturated rings. The highest BCUT2D eigenvalue weighted by Gasteiger charge is 2.17. The Balaban J connectivity index is 3.58. The molecule has 0 aliphatic carbocycles. The summed E-state index contributed by atoms with van der Waals surface area (Å²) >= 11 is 1.11. The normalized spacial score (nSPS) is 17.4. The molecule has 3 atom stereocenters. The molecule has 7 heteroatoms. The summed E-state index contributed by atoms with van der Waals surface area (Å²) in [7, 11) is 0. The van der Waals surface area contributed by atoms with Gasteiger partial charge in [-0.05, 0) is 0 Å². The van der Waals surface area contributed by atoms with Gasteiger partial charge in [-0.25, -0.2) is 0 Å². The van der Waals surface area contributed by atoms with Crippen molar-refractivity contribution in [3.63, 3.8) is 0 Å². The Hall–Kier alpha value is -0.340. The fourth-order valence-electron chi connectivity index (χ4n) is 0.620. The van der Waals surface area contributed by atoms with Crippen LogP contribution >= 0.6 is 11.8 Å². The van der Waals surface area contributed by atoms with E-state index in [9.17, 15) is 4.79 Å². The summed E-state index contributed by atoms with van der Waals surface area (Å²) in [6.07, 6.45) is -2.26. The van der Waals surface area contributed by atoms with E-state index < -0.39 is 30.8 Å². The molecule has 14 heavy (non-hydrogen) atoms. The Bertz CT molecular complexity index is 179. The van der Waals surface area contributed by atoms with Crippen LogP contribution in [-0.4, -0.2) is 62.8 Å². The number of carboxylic acids is 1. The Morgan fingerprint density at radius 3 is 2.29 bits per heavy atom. The van der Waals surface area contributed by atoms with Crippen LogP contribution in [0.25, 0.3) is 0 Å². The topological polar surface area (TPSA) is 124 Å². The highest BCUT2D eigenvalue weighted by Crippen LogP contribution is 2.07. The predicted octanol–water partition coefficient (Wildman–Crippen LogP) is -2.15. The van der Waals surface area contributed by atoms with E-state index in [4.69, 9.17) is 26.2 Å². The van der Waals surface area contributed by atoms with Crippen LogP contribution < -0.4 is 5.73 Å². The van der Waals surface area contributed by atoms with E-state index in [0.29, 0.717) is 0 Å². The Morgan fingerprint density at radius 2 is 1.86 bits per heavy atom. The van der Waals surface area contributed by atoms with Crippen molar-refractivity contribution < 1.29 is 25.2 Å². The Kier molecular flexibility index (Phi) is 6.85. The SMILES string of the molecule is NC(CSCC(O)C(O)CO)C(=O)O. The van der Waals surface area contributed by atoms with Gasteiger partial charge in [0, 0.05) is 11.5 Å². The highest BCUT2D eigenvalue weighted by molar-refractivity contribution is 7.99. The summed E-state index contributed by atoms with van der Waals surface area (Å²) in [4.78, 5) is 10.3. The van der Waals surface area contributed by atoms with Crippen molar-refractivity contribution in [2.45, 2.75) is 18.2 Å². The van der Waals surface area contributed by atoms with E-state index in [0.717, 1.165) is 11.8 Å². The number of aliphatic hydroxyl groups is 3. The second-order valence-corrected chi connectivity index (χ2v) is 3.87. The summed E-state index contributed by atoms with van der Waals surface area (Å²) in [6, 6.07) is -0.974. The minimum Gasteiger partial charge on any atom is -0.480 e. The van der Waals surface area contributed by atoms with Gasteiger partial charge < -0.3 is 26.2 Å². The zero-order valence-electron chi connectivity index (χ0n) is 7.54. The van der Waals surface area contributed by atoms with Crippen molar-refractivity contribution in [2.24, 2.45) is 5.73 Å². The fraction of sp³-hybridized carbons (Fsp3) is 0.857. The van der Waals surface area contributed by atoms with Crippen molar-refractivity contribution in [3.8, 4) is 0 Å². The number of hydrogen-bond acceptors (Lipinski definition) is 6. The maximum Gasteiger partial charge on any atom is 0.321 e. The number of aliphatic carboxylic acids is 1. The molecule has 0 aromatic rings. The lowest BCUT2D eigenvalue weighted by molar-refractivity contribution is -0.137. The lowest BCUT2D eigenvalue weighted by Crippen LogP contribution is -2.35. The molecule has 0 amide bonds. The standard InChI is InChI=1S/C7H15NO5S/c8-4(7(12)13)2-14-3-6(11)5(10)1-9/h4-6,9-11H,1-3,8H2,(H,12,13). The van der Waals surface area contributed by atoms with E-state index in [1.165, 1.54) is 0 Å². The first kappa shape index (κ1) is 13.7. The molecule has 0 bridgehead atoms. The summed E-state index contributed by atoms with van der Waals surface area (Å²) in [5, 5.41) is 35.0. The van der Waals surface area contributed by atoms with Gasteiger partial charge >= 0.3 is 5.97 Å². The van der Waals surface area contributed by atoms with Crippen LogP contribution in [0.5, 0.6) is 0 Å². The largest absolute Gasteiger partial charge is 0.480 e. The van der Waals surface area contributed by atoms with Crippen LogP contribution in [0.4, 0.5) is 0 Å². The van der Waals surface area contributed by atoms with Crippen LogP contribution in [0.1, 0.15) is 0 Å². The van der Waals surface area contributed by atoms with Gasteiger partial charge in [-0.2, -0.15) is 11.8 Å². The summed E-state index contributed by atoms with van der Waals surface area (Å²) < 4.78 is 0. The van der Waals surface area contributed by atoms with Crippen molar-refractivity contribution >= 4 is 17.7 Å². The average Bonchev–Trinajstić information content (AvgIpc) is 2.15. The molecule has 84 valence electrons. The molecule has 6 N–H and O–H groups in total. The van der Waals surface area contributed by atoms with E-state index >= 15 is 0 Å². The molecule has 0 heterocycles. The molecule has 0 saturated carbocycles. The third-order valence-electron chi connectivity index (χ3n) is 1.53. The molecule has 0 rings (SSSR count). The van der Waals surface area contributed by atoms with Crippen LogP contribution in [-0.2, 0) is 4.79 Å². The van der Waals surface area contributed by atoms with Gasteiger partial charge in [0.15, 0.2) is 0 Å². The molecule has 3 unspecified atom stereocenters. The van der Waals surface area contributed by atoms with E-state index in [1.807, 2.05) is 0 Å².